The van der Waals surface area contributed by atoms with E-state index in [1.165, 1.54) is 0 Å². The predicted octanol–water partition coefficient (Wildman–Crippen LogP) is 5.89. The number of ether oxygens (including phenoxy) is 1. The first-order valence-corrected chi connectivity index (χ1v) is 11.1. The molecule has 6 heteroatoms. The lowest BCUT2D eigenvalue weighted by Gasteiger charge is -2.25. The van der Waals surface area contributed by atoms with Gasteiger partial charge in [0, 0.05) is 11.6 Å². The Morgan fingerprint density at radius 2 is 1.94 bits per heavy atom. The van der Waals surface area contributed by atoms with Crippen LogP contribution < -0.4 is 10.2 Å². The van der Waals surface area contributed by atoms with Gasteiger partial charge in [-0.1, -0.05) is 43.5 Å². The van der Waals surface area contributed by atoms with E-state index in [0.717, 1.165) is 30.4 Å². The van der Waals surface area contributed by atoms with Gasteiger partial charge >= 0.3 is 0 Å². The van der Waals surface area contributed by atoms with E-state index in [1.807, 2.05) is 38.1 Å². The molecule has 1 atom stereocenters. The number of nitrogens with zero attached hydrogens (tertiary/aromatic N) is 1. The molecule has 5 nitrogen and oxygen atoms in total. The molecule has 3 aromatic rings. The molecule has 2 aromatic carbocycles. The van der Waals surface area contributed by atoms with Crippen LogP contribution in [0.2, 0.25) is 5.02 Å². The van der Waals surface area contributed by atoms with Crippen LogP contribution in [0.25, 0.3) is 11.0 Å². The minimum absolute atomic E-state index is 0.127. The van der Waals surface area contributed by atoms with Gasteiger partial charge in [-0.3, -0.25) is 9.59 Å². The van der Waals surface area contributed by atoms with E-state index in [1.54, 1.807) is 17.0 Å². The molecule has 0 fully saturated rings. The molecule has 0 radical (unpaired) electrons. The molecular weight excluding hydrogens is 414 g/mol. The van der Waals surface area contributed by atoms with Crippen molar-refractivity contribution in [3.8, 4) is 5.75 Å². The molecule has 1 aromatic heterocycles. The van der Waals surface area contributed by atoms with Gasteiger partial charge in [-0.25, -0.2) is 0 Å². The van der Waals surface area contributed by atoms with Crippen molar-refractivity contribution < 1.29 is 13.9 Å². The molecular formula is C25H26ClNO4. The monoisotopic (exact) mass is 439 g/mol. The van der Waals surface area contributed by atoms with Crippen LogP contribution in [-0.2, 0) is 0 Å². The van der Waals surface area contributed by atoms with E-state index >= 15 is 0 Å². The minimum Gasteiger partial charge on any atom is -0.494 e. The van der Waals surface area contributed by atoms with Gasteiger partial charge in [0.25, 0.3) is 5.91 Å². The standard InChI is InChI=1S/C25H26ClNO4/c1-4-6-7-11-27-22(16-9-8-10-17(13-16)30-5-2)21-23(28)18-14-19(26)15(3)12-20(18)31-24(21)25(27)29/h8-10,12-14,22H,4-7,11H2,1-3H3. The number of hydrogen-bond donors (Lipinski definition) is 0. The van der Waals surface area contributed by atoms with Gasteiger partial charge in [0.05, 0.1) is 23.6 Å². The fourth-order valence-electron chi connectivity index (χ4n) is 4.19. The molecule has 1 amide bonds. The molecule has 1 aliphatic rings. The second kappa shape index (κ2) is 8.75. The summed E-state index contributed by atoms with van der Waals surface area (Å²) >= 11 is 6.29. The zero-order valence-electron chi connectivity index (χ0n) is 18.0. The van der Waals surface area contributed by atoms with Crippen LogP contribution in [0.5, 0.6) is 5.75 Å². The Kier molecular flexibility index (Phi) is 6.05. The van der Waals surface area contributed by atoms with Gasteiger partial charge in [-0.15, -0.1) is 0 Å². The van der Waals surface area contributed by atoms with Crippen LogP contribution in [0.4, 0.5) is 0 Å². The Morgan fingerprint density at radius 3 is 2.68 bits per heavy atom. The largest absolute Gasteiger partial charge is 0.494 e. The molecule has 1 unspecified atom stereocenters. The maximum absolute atomic E-state index is 13.6. The number of hydrogen-bond acceptors (Lipinski definition) is 4. The van der Waals surface area contributed by atoms with Crippen LogP contribution in [0.1, 0.15) is 66.4 Å². The smallest absolute Gasteiger partial charge is 0.290 e. The first kappa shape index (κ1) is 21.4. The fraction of sp³-hybridized carbons (Fsp3) is 0.360. The summed E-state index contributed by atoms with van der Waals surface area (Å²) in [5.41, 5.74) is 2.18. The van der Waals surface area contributed by atoms with Gasteiger partial charge in [0.1, 0.15) is 11.3 Å². The molecule has 1 aliphatic heterocycles. The van der Waals surface area contributed by atoms with Gasteiger partial charge in [-0.05, 0) is 55.7 Å². The first-order valence-electron chi connectivity index (χ1n) is 10.8. The Morgan fingerprint density at radius 1 is 1.13 bits per heavy atom. The maximum Gasteiger partial charge on any atom is 0.290 e. The van der Waals surface area contributed by atoms with Gasteiger partial charge < -0.3 is 14.1 Å². The summed E-state index contributed by atoms with van der Waals surface area (Å²) < 4.78 is 11.7. The molecule has 0 spiro atoms. The number of benzene rings is 2. The van der Waals surface area contributed by atoms with Gasteiger partial charge in [0.2, 0.25) is 5.76 Å². The number of carbonyl (C=O) groups is 1. The van der Waals surface area contributed by atoms with Crippen molar-refractivity contribution in [2.24, 2.45) is 0 Å². The van der Waals surface area contributed by atoms with Crippen molar-refractivity contribution in [3.05, 3.63) is 74.1 Å². The number of aryl methyl sites for hydroxylation is 1. The summed E-state index contributed by atoms with van der Waals surface area (Å²) in [6, 6.07) is 10.4. The van der Waals surface area contributed by atoms with Crippen LogP contribution in [-0.4, -0.2) is 24.0 Å². The average molecular weight is 440 g/mol. The van der Waals surface area contributed by atoms with Crippen LogP contribution in [0, 0.1) is 6.92 Å². The molecule has 0 aliphatic carbocycles. The Labute approximate surface area is 186 Å². The second-order valence-electron chi connectivity index (χ2n) is 7.89. The topological polar surface area (TPSA) is 59.8 Å². The molecule has 31 heavy (non-hydrogen) atoms. The summed E-state index contributed by atoms with van der Waals surface area (Å²) in [6.45, 7) is 6.97. The van der Waals surface area contributed by atoms with E-state index in [-0.39, 0.29) is 17.1 Å². The quantitative estimate of drug-likeness (QED) is 0.431. The van der Waals surface area contributed by atoms with Crippen molar-refractivity contribution in [2.45, 2.75) is 46.1 Å². The van der Waals surface area contributed by atoms with Crippen LogP contribution in [0.15, 0.2) is 45.6 Å². The maximum atomic E-state index is 13.6. The van der Waals surface area contributed by atoms with Crippen LogP contribution >= 0.6 is 11.6 Å². The normalized spacial score (nSPS) is 15.5. The number of amides is 1. The summed E-state index contributed by atoms with van der Waals surface area (Å²) in [7, 11) is 0. The lowest BCUT2D eigenvalue weighted by molar-refractivity contribution is 0.0724. The lowest BCUT2D eigenvalue weighted by Crippen LogP contribution is -2.30. The van der Waals surface area contributed by atoms with Gasteiger partial charge in [0.15, 0.2) is 5.43 Å². The van der Waals surface area contributed by atoms with Crippen molar-refractivity contribution in [1.29, 1.82) is 0 Å². The zero-order valence-corrected chi connectivity index (χ0v) is 18.8. The third kappa shape index (κ3) is 3.83. The summed E-state index contributed by atoms with van der Waals surface area (Å²) in [5, 5.41) is 0.891. The Bertz CT molecular complexity index is 1200. The number of carbonyl (C=O) groups excluding carboxylic acids is 1. The highest BCUT2D eigenvalue weighted by molar-refractivity contribution is 6.32. The lowest BCUT2D eigenvalue weighted by atomic mass is 9.98. The average Bonchev–Trinajstić information content (AvgIpc) is 3.03. The van der Waals surface area contributed by atoms with Crippen molar-refractivity contribution >= 4 is 28.5 Å². The van der Waals surface area contributed by atoms with Gasteiger partial charge in [-0.2, -0.15) is 0 Å². The molecule has 0 saturated carbocycles. The first-order chi connectivity index (χ1) is 15.0. The fourth-order valence-corrected chi connectivity index (χ4v) is 4.35. The summed E-state index contributed by atoms with van der Waals surface area (Å²) in [6.07, 6.45) is 2.90. The molecule has 0 saturated heterocycles. The second-order valence-corrected chi connectivity index (χ2v) is 8.29. The molecule has 2 heterocycles. The summed E-state index contributed by atoms with van der Waals surface area (Å²) in [5.74, 6) is 0.588. The Hall–Kier alpha value is -2.79. The highest BCUT2D eigenvalue weighted by Crippen LogP contribution is 2.39. The molecule has 0 bridgehead atoms. The van der Waals surface area contributed by atoms with E-state index in [2.05, 4.69) is 6.92 Å². The van der Waals surface area contributed by atoms with Crippen molar-refractivity contribution in [1.82, 2.24) is 4.90 Å². The molecule has 4 rings (SSSR count). The molecule has 162 valence electrons. The van der Waals surface area contributed by atoms with E-state index in [9.17, 15) is 9.59 Å². The van der Waals surface area contributed by atoms with Crippen molar-refractivity contribution in [2.75, 3.05) is 13.2 Å². The van der Waals surface area contributed by atoms with E-state index in [0.29, 0.717) is 40.5 Å². The van der Waals surface area contributed by atoms with E-state index < -0.39 is 6.04 Å². The molecule has 0 N–H and O–H groups in total. The van der Waals surface area contributed by atoms with E-state index in [4.69, 9.17) is 20.8 Å². The number of unbranched alkanes of at least 4 members (excludes halogenated alkanes) is 2. The third-order valence-electron chi connectivity index (χ3n) is 5.73. The third-order valence-corrected chi connectivity index (χ3v) is 6.14. The number of halogens is 1. The van der Waals surface area contributed by atoms with Crippen LogP contribution in [0.3, 0.4) is 0 Å². The predicted molar refractivity (Wildman–Crippen MR) is 122 cm³/mol. The minimum atomic E-state index is -0.513. The summed E-state index contributed by atoms with van der Waals surface area (Å²) in [4.78, 5) is 28.7. The number of fused-ring (bicyclic) bond motifs is 2. The Balaban J connectivity index is 1.92. The SMILES string of the molecule is CCCCCN1C(=O)c2oc3cc(C)c(Cl)cc3c(=O)c2C1c1cccc(OCC)c1. The zero-order chi connectivity index (χ0) is 22.1. The van der Waals surface area contributed by atoms with Crippen molar-refractivity contribution in [3.63, 3.8) is 0 Å². The highest BCUT2D eigenvalue weighted by atomic mass is 35.5. The highest BCUT2D eigenvalue weighted by Gasteiger charge is 2.42. The number of rotatable bonds is 7.